The summed E-state index contributed by atoms with van der Waals surface area (Å²) in [5, 5.41) is 6.60. The Labute approximate surface area is 211 Å². The van der Waals surface area contributed by atoms with Crippen LogP contribution in [0, 0.1) is 0 Å². The third kappa shape index (κ3) is 5.44. The molecule has 1 saturated heterocycles. The second-order valence-corrected chi connectivity index (χ2v) is 9.58. The van der Waals surface area contributed by atoms with Gasteiger partial charge in [0.2, 0.25) is 11.8 Å². The number of rotatable bonds is 9. The molecule has 1 atom stereocenters. The molecule has 6 nitrogen and oxygen atoms in total. The lowest BCUT2D eigenvalue weighted by molar-refractivity contribution is 0.227. The smallest absolute Gasteiger partial charge is 0.240 e. The maximum atomic E-state index is 6.26. The molecule has 2 aromatic carbocycles. The Morgan fingerprint density at radius 1 is 1.06 bits per heavy atom. The van der Waals surface area contributed by atoms with Gasteiger partial charge < -0.3 is 14.4 Å². The van der Waals surface area contributed by atoms with E-state index in [0.29, 0.717) is 31.0 Å². The molecule has 1 aliphatic rings. The first-order valence-electron chi connectivity index (χ1n) is 12.2. The lowest BCUT2D eigenvalue weighted by Gasteiger charge is -2.20. The fraction of sp³-hybridized carbons (Fsp3) is 0.357. The molecular formula is C28H31ClN4O2. The van der Waals surface area contributed by atoms with Crippen LogP contribution in [0.15, 0.2) is 60.8 Å². The fourth-order valence-electron chi connectivity index (χ4n) is 4.75. The van der Waals surface area contributed by atoms with Crippen molar-refractivity contribution in [3.8, 4) is 22.9 Å². The number of benzene rings is 2. The highest BCUT2D eigenvalue weighted by Crippen LogP contribution is 2.31. The van der Waals surface area contributed by atoms with Crippen LogP contribution in [-0.2, 0) is 6.54 Å². The molecule has 182 valence electrons. The van der Waals surface area contributed by atoms with Crippen molar-refractivity contribution in [3.63, 3.8) is 0 Å². The van der Waals surface area contributed by atoms with Gasteiger partial charge in [-0.2, -0.15) is 0 Å². The number of aromatic nitrogens is 3. The van der Waals surface area contributed by atoms with Crippen molar-refractivity contribution < 1.29 is 9.47 Å². The predicted molar refractivity (Wildman–Crippen MR) is 140 cm³/mol. The van der Waals surface area contributed by atoms with Gasteiger partial charge in [0.05, 0.1) is 31.2 Å². The van der Waals surface area contributed by atoms with E-state index in [1.54, 1.807) is 7.11 Å². The molecule has 0 bridgehead atoms. The number of hydrogen-bond acceptors (Lipinski definition) is 5. The summed E-state index contributed by atoms with van der Waals surface area (Å²) in [7, 11) is 1.62. The van der Waals surface area contributed by atoms with E-state index in [-0.39, 0.29) is 0 Å². The van der Waals surface area contributed by atoms with E-state index in [4.69, 9.17) is 26.2 Å². The Balaban J connectivity index is 1.40. The highest BCUT2D eigenvalue weighted by Gasteiger charge is 2.19. The zero-order chi connectivity index (χ0) is 24.2. The summed E-state index contributed by atoms with van der Waals surface area (Å²) in [6, 6.07) is 18.8. The van der Waals surface area contributed by atoms with Crippen molar-refractivity contribution in [2.75, 3.05) is 26.8 Å². The number of hydrogen-bond donors (Lipinski definition) is 0. The zero-order valence-corrected chi connectivity index (χ0v) is 21.0. The SMILES string of the molecule is COc1ccc(-c2ccc3c(c2)c(OCCCN2CCCC2C)nn3Cc2ccc(Cl)cc2)cn1. The molecule has 3 heterocycles. The molecule has 0 radical (unpaired) electrons. The molecule has 1 aliphatic heterocycles. The Bertz CT molecular complexity index is 1270. The number of nitrogens with zero attached hydrogens (tertiary/aromatic N) is 4. The third-order valence-corrected chi connectivity index (χ3v) is 7.01. The first kappa shape index (κ1) is 23.6. The number of halogens is 1. The summed E-state index contributed by atoms with van der Waals surface area (Å²) >= 11 is 6.08. The Morgan fingerprint density at radius 2 is 1.89 bits per heavy atom. The molecule has 0 spiro atoms. The first-order valence-corrected chi connectivity index (χ1v) is 12.6. The van der Waals surface area contributed by atoms with Gasteiger partial charge in [-0.05, 0) is 74.2 Å². The number of ether oxygens (including phenoxy) is 2. The molecule has 0 saturated carbocycles. The molecule has 1 fully saturated rings. The molecule has 0 aliphatic carbocycles. The fourth-order valence-corrected chi connectivity index (χ4v) is 4.88. The second kappa shape index (κ2) is 10.7. The van der Waals surface area contributed by atoms with Gasteiger partial charge in [0.15, 0.2) is 0 Å². The highest BCUT2D eigenvalue weighted by atomic mass is 35.5. The van der Waals surface area contributed by atoms with Crippen LogP contribution in [-0.4, -0.2) is 52.5 Å². The Kier molecular flexibility index (Phi) is 7.21. The summed E-state index contributed by atoms with van der Waals surface area (Å²) < 4.78 is 13.5. The monoisotopic (exact) mass is 490 g/mol. The predicted octanol–water partition coefficient (Wildman–Crippen LogP) is 6.06. The lowest BCUT2D eigenvalue weighted by Crippen LogP contribution is -2.28. The van der Waals surface area contributed by atoms with Crippen molar-refractivity contribution in [1.29, 1.82) is 0 Å². The summed E-state index contributed by atoms with van der Waals surface area (Å²) in [4.78, 5) is 6.91. The van der Waals surface area contributed by atoms with Crippen molar-refractivity contribution in [1.82, 2.24) is 19.7 Å². The van der Waals surface area contributed by atoms with Crippen molar-refractivity contribution >= 4 is 22.5 Å². The van der Waals surface area contributed by atoms with E-state index < -0.39 is 0 Å². The molecular weight excluding hydrogens is 460 g/mol. The van der Waals surface area contributed by atoms with E-state index >= 15 is 0 Å². The molecule has 4 aromatic rings. The standard InChI is InChI=1S/C28H31ClN4O2/c1-20-5-3-14-32(20)15-4-16-35-28-25-17-22(23-9-13-27(34-2)30-18-23)8-12-26(25)33(31-28)19-21-6-10-24(29)11-7-21/h6-13,17-18,20H,3-5,14-16,19H2,1-2H3. The third-order valence-electron chi connectivity index (χ3n) is 6.76. The average molecular weight is 491 g/mol. The van der Waals surface area contributed by atoms with Crippen LogP contribution < -0.4 is 9.47 Å². The van der Waals surface area contributed by atoms with E-state index in [1.807, 2.05) is 47.3 Å². The van der Waals surface area contributed by atoms with Crippen molar-refractivity contribution in [3.05, 3.63) is 71.4 Å². The van der Waals surface area contributed by atoms with Crippen molar-refractivity contribution in [2.45, 2.75) is 38.8 Å². The average Bonchev–Trinajstić information content (AvgIpc) is 3.45. The topological polar surface area (TPSA) is 52.4 Å². The molecule has 35 heavy (non-hydrogen) atoms. The van der Waals surface area contributed by atoms with Crippen molar-refractivity contribution in [2.24, 2.45) is 0 Å². The number of fused-ring (bicyclic) bond motifs is 1. The quantitative estimate of drug-likeness (QED) is 0.267. The van der Waals surface area contributed by atoms with Gasteiger partial charge >= 0.3 is 0 Å². The van der Waals surface area contributed by atoms with Crippen LogP contribution in [0.3, 0.4) is 0 Å². The van der Waals surface area contributed by atoms with Crippen LogP contribution in [0.2, 0.25) is 5.02 Å². The van der Waals surface area contributed by atoms with Gasteiger partial charge in [0, 0.05) is 35.4 Å². The minimum Gasteiger partial charge on any atom is -0.481 e. The van der Waals surface area contributed by atoms with Gasteiger partial charge in [-0.1, -0.05) is 29.8 Å². The van der Waals surface area contributed by atoms with Gasteiger partial charge in [-0.3, -0.25) is 4.68 Å². The molecule has 5 rings (SSSR count). The summed E-state index contributed by atoms with van der Waals surface area (Å²) in [6.45, 7) is 5.86. The molecule has 0 amide bonds. The van der Waals surface area contributed by atoms with Gasteiger partial charge in [-0.25, -0.2) is 4.98 Å². The van der Waals surface area contributed by atoms with Gasteiger partial charge in [-0.15, -0.1) is 5.10 Å². The Hall–Kier alpha value is -3.09. The van der Waals surface area contributed by atoms with E-state index in [0.717, 1.165) is 45.6 Å². The van der Waals surface area contributed by atoms with Gasteiger partial charge in [0.1, 0.15) is 0 Å². The number of likely N-dealkylation sites (tertiary alicyclic amines) is 1. The van der Waals surface area contributed by atoms with Crippen LogP contribution in [0.5, 0.6) is 11.8 Å². The first-order chi connectivity index (χ1) is 17.1. The largest absolute Gasteiger partial charge is 0.481 e. The second-order valence-electron chi connectivity index (χ2n) is 9.14. The normalized spacial score (nSPS) is 16.1. The van der Waals surface area contributed by atoms with Crippen LogP contribution in [0.4, 0.5) is 0 Å². The summed E-state index contributed by atoms with van der Waals surface area (Å²) in [5.41, 5.74) is 4.26. The molecule has 0 N–H and O–H groups in total. The minimum absolute atomic E-state index is 0.599. The highest BCUT2D eigenvalue weighted by molar-refractivity contribution is 6.30. The lowest BCUT2D eigenvalue weighted by atomic mass is 10.1. The van der Waals surface area contributed by atoms with Gasteiger partial charge in [0.25, 0.3) is 0 Å². The van der Waals surface area contributed by atoms with E-state index in [1.165, 1.54) is 19.4 Å². The molecule has 2 aromatic heterocycles. The minimum atomic E-state index is 0.599. The summed E-state index contributed by atoms with van der Waals surface area (Å²) in [6.07, 6.45) is 5.40. The number of pyridine rings is 1. The summed E-state index contributed by atoms with van der Waals surface area (Å²) in [5.74, 6) is 1.27. The van der Waals surface area contributed by atoms with E-state index in [9.17, 15) is 0 Å². The van der Waals surface area contributed by atoms with Crippen LogP contribution >= 0.6 is 11.6 Å². The van der Waals surface area contributed by atoms with Crippen LogP contribution in [0.1, 0.15) is 31.7 Å². The zero-order valence-electron chi connectivity index (χ0n) is 20.3. The van der Waals surface area contributed by atoms with Crippen LogP contribution in [0.25, 0.3) is 22.0 Å². The Morgan fingerprint density at radius 3 is 2.60 bits per heavy atom. The molecule has 1 unspecified atom stereocenters. The maximum Gasteiger partial charge on any atom is 0.240 e. The number of methoxy groups -OCH3 is 1. The van der Waals surface area contributed by atoms with E-state index in [2.05, 4.69) is 35.0 Å². The molecule has 7 heteroatoms. The maximum absolute atomic E-state index is 6.26.